The van der Waals surface area contributed by atoms with Crippen molar-refractivity contribution in [3.05, 3.63) is 85.1 Å². The zero-order valence-corrected chi connectivity index (χ0v) is 46.7. The lowest BCUT2D eigenvalue weighted by molar-refractivity contribution is -0.167. The molecule has 0 aliphatic rings. The summed E-state index contributed by atoms with van der Waals surface area (Å²) in [4.78, 5) is 38.2. The molecule has 0 amide bonds. The van der Waals surface area contributed by atoms with Crippen molar-refractivity contribution in [3.63, 3.8) is 0 Å². The Kier molecular flexibility index (Phi) is 56.3. The molecule has 0 aromatic heterocycles. The van der Waals surface area contributed by atoms with Crippen LogP contribution in [0.2, 0.25) is 0 Å². The van der Waals surface area contributed by atoms with E-state index in [2.05, 4.69) is 106 Å². The lowest BCUT2D eigenvalue weighted by atomic mass is 10.0. The van der Waals surface area contributed by atoms with Gasteiger partial charge in [0, 0.05) is 19.3 Å². The molecule has 0 fully saturated rings. The lowest BCUT2D eigenvalue weighted by Gasteiger charge is -2.18. The van der Waals surface area contributed by atoms with Gasteiger partial charge in [0.05, 0.1) is 0 Å². The van der Waals surface area contributed by atoms with Crippen LogP contribution in [-0.2, 0) is 28.6 Å². The standard InChI is InChI=1S/C65H112O6/c1-4-7-10-13-16-19-22-25-28-31-32-35-37-40-43-46-49-52-55-58-64(67)70-61-62(71-65(68)59-56-53-50-47-44-41-38-34-30-27-24-21-18-15-12-9-6-3)60-69-63(66)57-54-51-48-45-42-39-36-33-29-26-23-20-17-14-11-8-5-2/h9,12,17-18,20-21,26-27,29-30,36,38-39,41,62H,4-8,10-11,13-16,19,22-25,28,31-35,37,40,42-61H2,1-3H3/b12-9-,20-17-,21-18-,29-26-,30-27-,39-36-,41-38-/t62-/m1/s1. The fourth-order valence-corrected chi connectivity index (χ4v) is 8.38. The maximum atomic E-state index is 12.9. The molecule has 0 saturated carbocycles. The number of hydrogen-bond acceptors (Lipinski definition) is 6. The topological polar surface area (TPSA) is 78.9 Å². The van der Waals surface area contributed by atoms with Crippen molar-refractivity contribution in [3.8, 4) is 0 Å². The minimum Gasteiger partial charge on any atom is -0.462 e. The molecule has 0 N–H and O–H groups in total. The van der Waals surface area contributed by atoms with E-state index in [1.54, 1.807) is 0 Å². The first kappa shape index (κ1) is 67.6. The number of rotatable bonds is 54. The Morgan fingerprint density at radius 3 is 0.887 bits per heavy atom. The minimum atomic E-state index is -0.799. The molecular formula is C65H112O6. The second-order valence-corrected chi connectivity index (χ2v) is 19.9. The van der Waals surface area contributed by atoms with E-state index < -0.39 is 6.10 Å². The Bertz CT molecular complexity index is 1370. The number of allylic oxidation sites excluding steroid dienone is 14. The molecule has 0 radical (unpaired) electrons. The monoisotopic (exact) mass is 989 g/mol. The maximum absolute atomic E-state index is 12.9. The molecule has 408 valence electrons. The molecule has 0 saturated heterocycles. The molecular weight excluding hydrogens is 877 g/mol. The van der Waals surface area contributed by atoms with E-state index in [1.165, 1.54) is 128 Å². The second kappa shape index (κ2) is 59.2. The van der Waals surface area contributed by atoms with Crippen molar-refractivity contribution in [2.45, 2.75) is 297 Å². The van der Waals surface area contributed by atoms with Crippen molar-refractivity contribution in [2.24, 2.45) is 0 Å². The summed E-state index contributed by atoms with van der Waals surface area (Å²) in [6, 6.07) is 0. The van der Waals surface area contributed by atoms with E-state index in [9.17, 15) is 14.4 Å². The third-order valence-corrected chi connectivity index (χ3v) is 12.9. The van der Waals surface area contributed by atoms with Crippen LogP contribution in [0.5, 0.6) is 0 Å². The highest BCUT2D eigenvalue weighted by molar-refractivity contribution is 5.71. The second-order valence-electron chi connectivity index (χ2n) is 19.9. The van der Waals surface area contributed by atoms with Crippen LogP contribution in [0.3, 0.4) is 0 Å². The summed E-state index contributed by atoms with van der Waals surface area (Å²) in [6.45, 7) is 6.49. The number of carbonyl (C=O) groups excluding carboxylic acids is 3. The SMILES string of the molecule is CC/C=C\C/C=C\C/C=C\C/C=C\CCCCCCC(=O)O[C@H](COC(=O)CCCCCC/C=C\C/C=C\C/C=C\CCCCC)COC(=O)CCCCCCCCCCCCCCCCCCCCC. The van der Waals surface area contributed by atoms with Crippen molar-refractivity contribution in [1.82, 2.24) is 0 Å². The largest absolute Gasteiger partial charge is 0.462 e. The summed E-state index contributed by atoms with van der Waals surface area (Å²) in [6.07, 6.45) is 77.2. The lowest BCUT2D eigenvalue weighted by Crippen LogP contribution is -2.30. The number of esters is 3. The van der Waals surface area contributed by atoms with Crippen LogP contribution in [0.1, 0.15) is 290 Å². The van der Waals surface area contributed by atoms with Gasteiger partial charge in [-0.2, -0.15) is 0 Å². The van der Waals surface area contributed by atoms with E-state index in [0.29, 0.717) is 19.3 Å². The third-order valence-electron chi connectivity index (χ3n) is 12.9. The predicted molar refractivity (Wildman–Crippen MR) is 307 cm³/mol. The average Bonchev–Trinajstić information content (AvgIpc) is 3.37. The molecule has 6 heteroatoms. The van der Waals surface area contributed by atoms with Gasteiger partial charge in [0.2, 0.25) is 0 Å². The highest BCUT2D eigenvalue weighted by Crippen LogP contribution is 2.16. The quantitative estimate of drug-likeness (QED) is 0.0261. The minimum absolute atomic E-state index is 0.0919. The Balaban J connectivity index is 4.44. The molecule has 0 spiro atoms. The van der Waals surface area contributed by atoms with Crippen molar-refractivity contribution in [2.75, 3.05) is 13.2 Å². The Morgan fingerprint density at radius 2 is 0.549 bits per heavy atom. The first-order chi connectivity index (χ1) is 35.0. The van der Waals surface area contributed by atoms with Gasteiger partial charge in [-0.1, -0.05) is 260 Å². The number of hydrogen-bond donors (Lipinski definition) is 0. The van der Waals surface area contributed by atoms with Gasteiger partial charge in [-0.3, -0.25) is 14.4 Å². The number of carbonyl (C=O) groups is 3. The number of unbranched alkanes of at least 4 members (excludes halogenated alkanes) is 29. The maximum Gasteiger partial charge on any atom is 0.306 e. The van der Waals surface area contributed by atoms with Crippen LogP contribution in [-0.4, -0.2) is 37.2 Å². The normalized spacial score (nSPS) is 12.7. The fraction of sp³-hybridized carbons (Fsp3) is 0.738. The molecule has 0 rings (SSSR count). The van der Waals surface area contributed by atoms with Crippen LogP contribution >= 0.6 is 0 Å². The molecule has 71 heavy (non-hydrogen) atoms. The van der Waals surface area contributed by atoms with Gasteiger partial charge in [-0.25, -0.2) is 0 Å². The average molecular weight is 990 g/mol. The summed E-state index contributed by atoms with van der Waals surface area (Å²) in [7, 11) is 0. The molecule has 0 unspecified atom stereocenters. The van der Waals surface area contributed by atoms with Crippen LogP contribution in [0.15, 0.2) is 85.1 Å². The Morgan fingerprint density at radius 1 is 0.296 bits per heavy atom. The van der Waals surface area contributed by atoms with Gasteiger partial charge in [0.1, 0.15) is 13.2 Å². The molecule has 0 aromatic carbocycles. The molecule has 0 bridgehead atoms. The van der Waals surface area contributed by atoms with E-state index in [4.69, 9.17) is 14.2 Å². The first-order valence-corrected chi connectivity index (χ1v) is 30.1. The predicted octanol–water partition coefficient (Wildman–Crippen LogP) is 20.3. The fourth-order valence-electron chi connectivity index (χ4n) is 8.38. The Labute approximate surface area is 439 Å². The van der Waals surface area contributed by atoms with E-state index in [1.807, 2.05) is 0 Å². The Hall–Kier alpha value is -3.41. The highest BCUT2D eigenvalue weighted by atomic mass is 16.6. The molecule has 0 aromatic rings. The van der Waals surface area contributed by atoms with Gasteiger partial charge >= 0.3 is 17.9 Å². The molecule has 0 aliphatic carbocycles. The summed E-state index contributed by atoms with van der Waals surface area (Å²) < 4.78 is 16.9. The van der Waals surface area contributed by atoms with E-state index >= 15 is 0 Å². The first-order valence-electron chi connectivity index (χ1n) is 30.1. The van der Waals surface area contributed by atoms with E-state index in [-0.39, 0.29) is 31.1 Å². The van der Waals surface area contributed by atoms with Crippen LogP contribution in [0.4, 0.5) is 0 Å². The molecule has 6 nitrogen and oxygen atoms in total. The highest BCUT2D eigenvalue weighted by Gasteiger charge is 2.19. The summed E-state index contributed by atoms with van der Waals surface area (Å²) in [5, 5.41) is 0. The van der Waals surface area contributed by atoms with Gasteiger partial charge in [0.15, 0.2) is 6.10 Å². The summed E-state index contributed by atoms with van der Waals surface area (Å²) in [5.41, 5.74) is 0. The zero-order valence-electron chi connectivity index (χ0n) is 46.7. The van der Waals surface area contributed by atoms with E-state index in [0.717, 1.165) is 122 Å². The third kappa shape index (κ3) is 57.4. The van der Waals surface area contributed by atoms with Gasteiger partial charge in [0.25, 0.3) is 0 Å². The molecule has 0 heterocycles. The zero-order chi connectivity index (χ0) is 51.4. The van der Waals surface area contributed by atoms with Gasteiger partial charge in [-0.05, 0) is 96.3 Å². The van der Waals surface area contributed by atoms with Crippen molar-refractivity contribution >= 4 is 17.9 Å². The molecule has 0 aliphatic heterocycles. The summed E-state index contributed by atoms with van der Waals surface area (Å²) in [5.74, 6) is -0.928. The van der Waals surface area contributed by atoms with Crippen molar-refractivity contribution < 1.29 is 28.6 Å². The molecule has 1 atom stereocenters. The van der Waals surface area contributed by atoms with Crippen LogP contribution < -0.4 is 0 Å². The van der Waals surface area contributed by atoms with Gasteiger partial charge in [-0.15, -0.1) is 0 Å². The summed E-state index contributed by atoms with van der Waals surface area (Å²) >= 11 is 0. The van der Waals surface area contributed by atoms with Crippen LogP contribution in [0.25, 0.3) is 0 Å². The van der Waals surface area contributed by atoms with Crippen LogP contribution in [0, 0.1) is 0 Å². The number of ether oxygens (including phenoxy) is 3. The smallest absolute Gasteiger partial charge is 0.306 e. The van der Waals surface area contributed by atoms with Gasteiger partial charge < -0.3 is 14.2 Å². The van der Waals surface area contributed by atoms with Crippen molar-refractivity contribution in [1.29, 1.82) is 0 Å².